The summed E-state index contributed by atoms with van der Waals surface area (Å²) in [6.45, 7) is 2.59. The van der Waals surface area contributed by atoms with E-state index in [2.05, 4.69) is 20.3 Å². The van der Waals surface area contributed by atoms with Gasteiger partial charge in [-0.3, -0.25) is 10.1 Å². The average molecular weight is 588 g/mol. The second kappa shape index (κ2) is 13.3. The largest absolute Gasteiger partial charge is 1.00 e. The van der Waals surface area contributed by atoms with E-state index in [0.717, 1.165) is 13.0 Å². The molecule has 3 rings (SSSR count). The van der Waals surface area contributed by atoms with Gasteiger partial charge >= 0.3 is 41.6 Å². The number of carbonyl (C=O) groups excluding carboxylic acids is 2. The maximum Gasteiger partial charge on any atom is 1.00 e. The first kappa shape index (κ1) is 32.1. The Morgan fingerprint density at radius 3 is 2.26 bits per heavy atom. The van der Waals surface area contributed by atoms with E-state index in [9.17, 15) is 36.1 Å². The fourth-order valence-electron chi connectivity index (χ4n) is 3.24. The molecule has 202 valence electrons. The van der Waals surface area contributed by atoms with E-state index in [1.165, 1.54) is 42.5 Å². The molecule has 0 aliphatic heterocycles. The Balaban J connectivity index is 0.00000533. The van der Waals surface area contributed by atoms with Crippen LogP contribution in [0.15, 0.2) is 68.6 Å². The number of benzene rings is 3. The van der Waals surface area contributed by atoms with Gasteiger partial charge in [0.05, 0.1) is 27.8 Å². The molecule has 0 atom stereocenters. The van der Waals surface area contributed by atoms with Gasteiger partial charge in [0.1, 0.15) is 22.4 Å². The fourth-order valence-corrected chi connectivity index (χ4v) is 4.98. The van der Waals surface area contributed by atoms with Crippen molar-refractivity contribution in [1.29, 1.82) is 0 Å². The van der Waals surface area contributed by atoms with Crippen molar-refractivity contribution < 1.29 is 75.1 Å². The Hall–Kier alpha value is -3.08. The summed E-state index contributed by atoms with van der Waals surface area (Å²) in [6.07, 6.45) is -0.749. The molecule has 0 radical (unpaired) electrons. The molecule has 0 heterocycles. The molecule has 0 saturated heterocycles. The van der Waals surface area contributed by atoms with Crippen LogP contribution >= 0.6 is 0 Å². The molecule has 0 saturated carbocycles. The summed E-state index contributed by atoms with van der Waals surface area (Å²) in [5.41, 5.74) is -0.301. The maximum absolute atomic E-state index is 12.3. The first-order chi connectivity index (χ1) is 17.8. The first-order valence-electron chi connectivity index (χ1n) is 10.9. The summed E-state index contributed by atoms with van der Waals surface area (Å²) in [6, 6.07) is 10.1. The van der Waals surface area contributed by atoms with Gasteiger partial charge in [-0.15, -0.1) is 5.11 Å². The minimum absolute atomic E-state index is 0. The number of phenolic OH excluding ortho intramolecular Hbond substituents is 1. The van der Waals surface area contributed by atoms with Gasteiger partial charge in [0.15, 0.2) is 15.6 Å². The van der Waals surface area contributed by atoms with Crippen LogP contribution in [0.5, 0.6) is 5.75 Å². The predicted molar refractivity (Wildman–Crippen MR) is 134 cm³/mol. The van der Waals surface area contributed by atoms with Crippen LogP contribution in [-0.4, -0.2) is 57.5 Å². The van der Waals surface area contributed by atoms with E-state index >= 15 is 0 Å². The number of hydrogen-bond donors (Lipinski definition) is 2. The van der Waals surface area contributed by atoms with E-state index in [4.69, 9.17) is 4.74 Å². The van der Waals surface area contributed by atoms with Crippen molar-refractivity contribution in [3.05, 3.63) is 48.5 Å². The van der Waals surface area contributed by atoms with E-state index in [0.29, 0.717) is 0 Å². The van der Waals surface area contributed by atoms with Gasteiger partial charge in [-0.05, 0) is 60.8 Å². The molecule has 0 aliphatic carbocycles. The Morgan fingerprint density at radius 2 is 1.67 bits per heavy atom. The predicted octanol–water partition coefficient (Wildman–Crippen LogP) is 0.774. The SMILES string of the molecule is CCOC(=O)Nc1ccc2c(O)c(N=Nc3ccc(S(=O)(=O)CCOC(C)=O)cc3)c(S(=O)(=O)[O-])cc2c1.[Na+]. The number of ether oxygens (including phenoxy) is 2. The van der Waals surface area contributed by atoms with Crippen LogP contribution in [0.4, 0.5) is 21.9 Å². The quantitative estimate of drug-likeness (QED) is 0.156. The van der Waals surface area contributed by atoms with E-state index in [-0.39, 0.29) is 69.8 Å². The van der Waals surface area contributed by atoms with Crippen molar-refractivity contribution in [1.82, 2.24) is 0 Å². The normalized spacial score (nSPS) is 11.7. The van der Waals surface area contributed by atoms with Crippen molar-refractivity contribution in [2.24, 2.45) is 10.2 Å². The molecule has 0 spiro atoms. The third kappa shape index (κ3) is 8.45. The number of hydrogen-bond acceptors (Lipinski definition) is 12. The molecule has 16 heteroatoms. The third-order valence-corrected chi connectivity index (χ3v) is 7.51. The monoisotopic (exact) mass is 587 g/mol. The van der Waals surface area contributed by atoms with Crippen LogP contribution in [0, 0.1) is 0 Å². The summed E-state index contributed by atoms with van der Waals surface area (Å²) in [5.74, 6) is -1.69. The molecular weight excluding hydrogens is 565 g/mol. The van der Waals surface area contributed by atoms with Crippen LogP contribution < -0.4 is 34.9 Å². The van der Waals surface area contributed by atoms with Crippen molar-refractivity contribution in [3.63, 3.8) is 0 Å². The van der Waals surface area contributed by atoms with Gasteiger partial charge in [-0.25, -0.2) is 21.6 Å². The van der Waals surface area contributed by atoms with Crippen molar-refractivity contribution >= 4 is 59.9 Å². The Morgan fingerprint density at radius 1 is 1.00 bits per heavy atom. The molecule has 3 aromatic rings. The fraction of sp³-hybridized carbons (Fsp3) is 0.217. The minimum Gasteiger partial charge on any atom is -0.744 e. The van der Waals surface area contributed by atoms with Gasteiger partial charge in [-0.1, -0.05) is 0 Å². The van der Waals surface area contributed by atoms with Crippen LogP contribution in [0.25, 0.3) is 10.8 Å². The molecule has 0 fully saturated rings. The molecule has 3 aromatic carbocycles. The zero-order chi connectivity index (χ0) is 28.1. The standard InChI is InChI=1S/C23H23N3O10S2.Na/c1-3-35-23(29)24-17-6-9-19-15(12-17)13-20(38(32,33)34)21(22(19)28)26-25-16-4-7-18(8-5-16)37(30,31)11-10-36-14(2)27;/h4-9,12-13,28H,3,10-11H2,1-2H3,(H,24,29)(H,32,33,34);/q;+1/p-1. The molecule has 0 unspecified atom stereocenters. The summed E-state index contributed by atoms with van der Waals surface area (Å²) < 4.78 is 69.9. The number of nitrogens with one attached hydrogen (secondary N) is 1. The van der Waals surface area contributed by atoms with E-state index in [1.54, 1.807) is 6.92 Å². The second-order valence-corrected chi connectivity index (χ2v) is 11.1. The van der Waals surface area contributed by atoms with Gasteiger partial charge in [0, 0.05) is 18.0 Å². The molecule has 0 aromatic heterocycles. The van der Waals surface area contributed by atoms with Gasteiger partial charge in [0.25, 0.3) is 0 Å². The number of amides is 1. The zero-order valence-electron chi connectivity index (χ0n) is 21.1. The molecule has 1 amide bonds. The number of azo groups is 1. The summed E-state index contributed by atoms with van der Waals surface area (Å²) >= 11 is 0. The number of phenols is 1. The van der Waals surface area contributed by atoms with Crippen molar-refractivity contribution in [3.8, 4) is 5.75 Å². The Kier molecular flexibility index (Phi) is 11.0. The van der Waals surface area contributed by atoms with Gasteiger partial charge in [-0.2, -0.15) is 5.11 Å². The number of fused-ring (bicyclic) bond motifs is 1. The molecular formula is C23H22N3NaO10S2. The number of anilines is 1. The average Bonchev–Trinajstić information content (AvgIpc) is 2.82. The first-order valence-corrected chi connectivity index (χ1v) is 13.9. The minimum atomic E-state index is -5.13. The third-order valence-electron chi connectivity index (χ3n) is 4.96. The summed E-state index contributed by atoms with van der Waals surface area (Å²) in [4.78, 5) is 21.5. The number of nitrogens with zero attached hydrogens (tertiary/aromatic N) is 2. The number of carbonyl (C=O) groups is 2. The van der Waals surface area contributed by atoms with Crippen LogP contribution in [0.2, 0.25) is 0 Å². The number of sulfone groups is 1. The topological polar surface area (TPSA) is 201 Å². The van der Waals surface area contributed by atoms with Gasteiger partial charge < -0.3 is 19.1 Å². The summed E-state index contributed by atoms with van der Waals surface area (Å²) in [5, 5.41) is 21.0. The molecule has 2 N–H and O–H groups in total. The van der Waals surface area contributed by atoms with Gasteiger partial charge in [0.2, 0.25) is 0 Å². The van der Waals surface area contributed by atoms with Crippen molar-refractivity contribution in [2.75, 3.05) is 24.3 Å². The molecule has 13 nitrogen and oxygen atoms in total. The second-order valence-electron chi connectivity index (χ2n) is 7.66. The van der Waals surface area contributed by atoms with E-state index in [1.807, 2.05) is 0 Å². The summed E-state index contributed by atoms with van der Waals surface area (Å²) in [7, 11) is -8.88. The smallest absolute Gasteiger partial charge is 0.744 e. The molecule has 39 heavy (non-hydrogen) atoms. The molecule has 0 aliphatic rings. The Labute approximate surface area is 246 Å². The van der Waals surface area contributed by atoms with Crippen LogP contribution in [0.1, 0.15) is 13.8 Å². The van der Waals surface area contributed by atoms with Crippen LogP contribution in [-0.2, 0) is 34.2 Å². The van der Waals surface area contributed by atoms with E-state index < -0.39 is 54.1 Å². The number of rotatable bonds is 9. The Bertz CT molecular complexity index is 1620. The number of aromatic hydroxyl groups is 1. The molecule has 0 bridgehead atoms. The van der Waals surface area contributed by atoms with Crippen molar-refractivity contribution in [2.45, 2.75) is 23.6 Å². The number of esters is 1. The zero-order valence-corrected chi connectivity index (χ0v) is 24.7. The maximum atomic E-state index is 12.3. The van der Waals surface area contributed by atoms with Crippen LogP contribution in [0.3, 0.4) is 0 Å².